The number of aliphatic hydroxyl groups is 1. The predicted molar refractivity (Wildman–Crippen MR) is 150 cm³/mol. The molecule has 4 fully saturated rings. The van der Waals surface area contributed by atoms with Gasteiger partial charge >= 0.3 is 5.97 Å². The van der Waals surface area contributed by atoms with Crippen LogP contribution in [0.5, 0.6) is 0 Å². The second-order valence-corrected chi connectivity index (χ2v) is 16.1. The Bertz CT molecular complexity index is 1130. The number of amides is 1. The molecule has 0 aromatic carbocycles. The molecule has 0 saturated heterocycles. The summed E-state index contributed by atoms with van der Waals surface area (Å²) in [4.78, 5) is 38.6. The number of carbonyl (C=O) groups excluding carboxylic acids is 3. The first-order chi connectivity index (χ1) is 17.9. The van der Waals surface area contributed by atoms with E-state index in [1.54, 1.807) is 0 Å². The molecule has 0 aromatic rings. The topological polar surface area (TPSA) is 107 Å². The van der Waals surface area contributed by atoms with Crippen LogP contribution in [0.15, 0.2) is 11.6 Å². The number of hydrogen-bond donors (Lipinski definition) is 2. The molecule has 6 nitrogen and oxygen atoms in total. The lowest BCUT2D eigenvalue weighted by Gasteiger charge is -2.70. The van der Waals surface area contributed by atoms with Crippen LogP contribution in [0.3, 0.4) is 0 Å². The molecule has 6 heteroatoms. The van der Waals surface area contributed by atoms with E-state index in [9.17, 15) is 19.5 Å². The molecular weight excluding hydrogens is 490 g/mol. The van der Waals surface area contributed by atoms with Crippen LogP contribution in [-0.2, 0) is 19.1 Å². The zero-order valence-corrected chi connectivity index (χ0v) is 25.5. The Morgan fingerprint density at radius 2 is 1.62 bits per heavy atom. The number of ketones is 1. The molecule has 5 aliphatic rings. The van der Waals surface area contributed by atoms with Crippen molar-refractivity contribution in [1.82, 2.24) is 0 Å². The Morgan fingerprint density at radius 3 is 2.23 bits per heavy atom. The fourth-order valence-electron chi connectivity index (χ4n) is 11.2. The SMILES string of the molecule is CC(=O)OC(O)[C@@H]1CC[C@@]2(C)C(CC[C@]3(C)[C@@H]2C(=O)C=C2[C@@H]4C[C@@](C)(C(N)=O)CC[C@]4(C)CC[C@]23C)C1(C)C. The third kappa shape index (κ3) is 3.78. The maximum absolute atomic E-state index is 14.5. The van der Waals surface area contributed by atoms with E-state index in [2.05, 4.69) is 41.5 Å². The second-order valence-electron chi connectivity index (χ2n) is 16.1. The first-order valence-electron chi connectivity index (χ1n) is 15.3. The number of carbonyl (C=O) groups is 3. The molecular formula is C33H51NO5. The van der Waals surface area contributed by atoms with E-state index in [1.807, 2.05) is 13.0 Å². The predicted octanol–water partition coefficient (Wildman–Crippen LogP) is 5.95. The Balaban J connectivity index is 1.55. The summed E-state index contributed by atoms with van der Waals surface area (Å²) in [6.07, 6.45) is 9.10. The number of allylic oxidation sites excluding steroid dienone is 2. The molecule has 0 radical (unpaired) electrons. The third-order valence-corrected chi connectivity index (χ3v) is 13.9. The van der Waals surface area contributed by atoms with Gasteiger partial charge in [-0.1, -0.05) is 54.0 Å². The van der Waals surface area contributed by atoms with Crippen molar-refractivity contribution in [2.45, 2.75) is 119 Å². The van der Waals surface area contributed by atoms with Crippen LogP contribution in [-0.4, -0.2) is 29.1 Å². The van der Waals surface area contributed by atoms with Gasteiger partial charge in [0.15, 0.2) is 5.78 Å². The van der Waals surface area contributed by atoms with Crippen molar-refractivity contribution in [2.75, 3.05) is 0 Å². The largest absolute Gasteiger partial charge is 0.436 e. The van der Waals surface area contributed by atoms with Gasteiger partial charge in [-0.15, -0.1) is 0 Å². The highest BCUT2D eigenvalue weighted by Gasteiger charge is 2.70. The van der Waals surface area contributed by atoms with Crippen LogP contribution in [0.1, 0.15) is 113 Å². The van der Waals surface area contributed by atoms with Crippen molar-refractivity contribution in [1.29, 1.82) is 0 Å². The van der Waals surface area contributed by atoms with Gasteiger partial charge in [0.2, 0.25) is 12.2 Å². The van der Waals surface area contributed by atoms with E-state index in [0.29, 0.717) is 0 Å². The lowest BCUT2D eigenvalue weighted by Crippen LogP contribution is -2.66. The Morgan fingerprint density at radius 1 is 0.974 bits per heavy atom. The quantitative estimate of drug-likeness (QED) is 0.339. The van der Waals surface area contributed by atoms with Gasteiger partial charge in [0.1, 0.15) is 0 Å². The molecule has 3 N–H and O–H groups in total. The summed E-state index contributed by atoms with van der Waals surface area (Å²) in [5.41, 5.74) is 5.99. The highest BCUT2D eigenvalue weighted by atomic mass is 16.6. The van der Waals surface area contributed by atoms with E-state index < -0.39 is 17.7 Å². The summed E-state index contributed by atoms with van der Waals surface area (Å²) in [5, 5.41) is 10.8. The van der Waals surface area contributed by atoms with Crippen molar-refractivity contribution in [2.24, 2.45) is 61.9 Å². The normalized spacial score (nSPS) is 49.4. The number of primary amides is 1. The zero-order chi connectivity index (χ0) is 29.0. The minimum Gasteiger partial charge on any atom is -0.436 e. The summed E-state index contributed by atoms with van der Waals surface area (Å²) in [7, 11) is 0. The maximum atomic E-state index is 14.5. The van der Waals surface area contributed by atoms with Gasteiger partial charge in [-0.2, -0.15) is 0 Å². The molecule has 5 aliphatic carbocycles. The summed E-state index contributed by atoms with van der Waals surface area (Å²) in [5.74, 6) is -0.256. The molecule has 39 heavy (non-hydrogen) atoms. The van der Waals surface area contributed by atoms with Crippen LogP contribution < -0.4 is 5.73 Å². The number of esters is 1. The molecule has 0 bridgehead atoms. The zero-order valence-electron chi connectivity index (χ0n) is 25.5. The fourth-order valence-corrected chi connectivity index (χ4v) is 11.2. The Hall–Kier alpha value is -1.69. The van der Waals surface area contributed by atoms with Crippen LogP contribution in [0.2, 0.25) is 0 Å². The Kier molecular flexibility index (Phi) is 6.40. The van der Waals surface area contributed by atoms with Gasteiger partial charge < -0.3 is 15.6 Å². The molecule has 0 aromatic heterocycles. The lowest BCUT2D eigenvalue weighted by atomic mass is 9.33. The van der Waals surface area contributed by atoms with Crippen LogP contribution in [0.4, 0.5) is 0 Å². The highest BCUT2D eigenvalue weighted by molar-refractivity contribution is 5.95. The molecule has 218 valence electrons. The molecule has 10 atom stereocenters. The van der Waals surface area contributed by atoms with Gasteiger partial charge in [-0.3, -0.25) is 14.4 Å². The molecule has 0 aliphatic heterocycles. The average Bonchev–Trinajstić information content (AvgIpc) is 2.80. The molecule has 1 amide bonds. The number of ether oxygens (including phenoxy) is 1. The summed E-state index contributed by atoms with van der Waals surface area (Å²) >= 11 is 0. The van der Waals surface area contributed by atoms with Crippen molar-refractivity contribution in [3.63, 3.8) is 0 Å². The van der Waals surface area contributed by atoms with Gasteiger partial charge in [-0.05, 0) is 103 Å². The molecule has 0 spiro atoms. The third-order valence-electron chi connectivity index (χ3n) is 13.9. The summed E-state index contributed by atoms with van der Waals surface area (Å²) in [6, 6.07) is 0. The number of rotatable bonds is 3. The number of aliphatic hydroxyl groups excluding tert-OH is 1. The van der Waals surface area contributed by atoms with Crippen molar-refractivity contribution >= 4 is 17.7 Å². The van der Waals surface area contributed by atoms with E-state index >= 15 is 0 Å². The van der Waals surface area contributed by atoms with E-state index in [1.165, 1.54) is 12.5 Å². The molecule has 0 heterocycles. The summed E-state index contributed by atoms with van der Waals surface area (Å²) in [6.45, 7) is 17.3. The lowest BCUT2D eigenvalue weighted by molar-refractivity contribution is -0.227. The average molecular weight is 542 g/mol. The molecule has 2 unspecified atom stereocenters. The van der Waals surface area contributed by atoms with Gasteiger partial charge in [0.05, 0.1) is 0 Å². The maximum Gasteiger partial charge on any atom is 0.304 e. The minimum absolute atomic E-state index is 0.0950. The first-order valence-corrected chi connectivity index (χ1v) is 15.3. The van der Waals surface area contributed by atoms with Crippen molar-refractivity contribution in [3.8, 4) is 0 Å². The number of hydrogen-bond acceptors (Lipinski definition) is 5. The monoisotopic (exact) mass is 541 g/mol. The van der Waals surface area contributed by atoms with Crippen molar-refractivity contribution < 1.29 is 24.2 Å². The second kappa shape index (κ2) is 8.66. The first kappa shape index (κ1) is 28.8. The Labute approximate surface area is 234 Å². The smallest absolute Gasteiger partial charge is 0.304 e. The van der Waals surface area contributed by atoms with E-state index in [-0.39, 0.29) is 62.4 Å². The summed E-state index contributed by atoms with van der Waals surface area (Å²) < 4.78 is 5.27. The number of fused-ring (bicyclic) bond motifs is 7. The number of nitrogens with two attached hydrogens (primary N) is 1. The fraction of sp³-hybridized carbons (Fsp3) is 0.848. The van der Waals surface area contributed by atoms with Crippen LogP contribution in [0.25, 0.3) is 0 Å². The van der Waals surface area contributed by atoms with Crippen LogP contribution >= 0.6 is 0 Å². The van der Waals surface area contributed by atoms with Gasteiger partial charge in [-0.25, -0.2) is 0 Å². The molecule has 4 saturated carbocycles. The molecule has 5 rings (SSSR count). The highest BCUT2D eigenvalue weighted by Crippen LogP contribution is 2.75. The van der Waals surface area contributed by atoms with Crippen LogP contribution in [0, 0.1) is 56.2 Å². The van der Waals surface area contributed by atoms with Crippen molar-refractivity contribution in [3.05, 3.63) is 11.6 Å². The minimum atomic E-state index is -1.12. The van der Waals surface area contributed by atoms with Gasteiger partial charge in [0.25, 0.3) is 0 Å². The van der Waals surface area contributed by atoms with E-state index in [4.69, 9.17) is 10.5 Å². The van der Waals surface area contributed by atoms with Gasteiger partial charge in [0, 0.05) is 24.2 Å². The van der Waals surface area contributed by atoms with E-state index in [0.717, 1.165) is 57.8 Å². The standard InChI is InChI=1S/C33H51NO5/c1-19(35)39-26(37)20-9-11-31(6)24(28(20,2)3)10-12-33(8)25(31)23(36)17-21-22-18-30(5,27(34)38)14-13-29(22,4)15-16-32(21,33)7/h17,20,22,24-26,37H,9-16,18H2,1-8H3,(H2,34,38)/t20-,22-,24?,25+,26?,29+,30-,31-,32+,33+/m0/s1.